The Morgan fingerprint density at radius 2 is 1.97 bits per heavy atom. The van der Waals surface area contributed by atoms with Gasteiger partial charge in [-0.1, -0.05) is 23.7 Å². The molecule has 0 saturated carbocycles. The van der Waals surface area contributed by atoms with Gasteiger partial charge in [0, 0.05) is 37.6 Å². The van der Waals surface area contributed by atoms with E-state index in [1.807, 2.05) is 19.2 Å². The summed E-state index contributed by atoms with van der Waals surface area (Å²) in [5.41, 5.74) is -0.0841. The smallest absolute Gasteiger partial charge is 0.318 e. The third-order valence-electron chi connectivity index (χ3n) is 5.66. The van der Waals surface area contributed by atoms with Crippen LogP contribution in [0.15, 0.2) is 24.3 Å². The number of amides is 3. The van der Waals surface area contributed by atoms with Crippen molar-refractivity contribution >= 4 is 23.5 Å². The van der Waals surface area contributed by atoms with E-state index in [9.17, 15) is 14.9 Å². The molecule has 9 heteroatoms. The van der Waals surface area contributed by atoms with Crippen LogP contribution >= 0.6 is 11.6 Å². The number of rotatable bonds is 5. The number of hydrogen-bond acceptors (Lipinski definition) is 5. The molecule has 0 bridgehead atoms. The summed E-state index contributed by atoms with van der Waals surface area (Å²) in [7, 11) is 1.99. The first kappa shape index (κ1) is 22.3. The molecule has 2 saturated heterocycles. The Kier molecular flexibility index (Phi) is 7.53. The minimum Gasteiger partial charge on any atom is -0.378 e. The summed E-state index contributed by atoms with van der Waals surface area (Å²) < 4.78 is 5.29. The molecule has 0 aromatic heterocycles. The number of urea groups is 1. The van der Waals surface area contributed by atoms with Crippen molar-refractivity contribution in [2.45, 2.75) is 30.8 Å². The number of morpholine rings is 1. The maximum Gasteiger partial charge on any atom is 0.318 e. The number of carbonyl (C=O) groups is 2. The lowest BCUT2D eigenvalue weighted by atomic mass is 9.88. The van der Waals surface area contributed by atoms with Crippen LogP contribution in [-0.4, -0.2) is 79.8 Å². The summed E-state index contributed by atoms with van der Waals surface area (Å²) in [4.78, 5) is 29.7. The van der Waals surface area contributed by atoms with E-state index in [-0.39, 0.29) is 18.4 Å². The van der Waals surface area contributed by atoms with Crippen molar-refractivity contribution in [1.29, 1.82) is 5.26 Å². The third-order valence-corrected chi connectivity index (χ3v) is 5.89. The molecule has 2 N–H and O–H groups in total. The first-order valence-corrected chi connectivity index (χ1v) is 10.6. The zero-order chi connectivity index (χ0) is 21.6. The summed E-state index contributed by atoms with van der Waals surface area (Å²) in [5.74, 6) is -0.359. The number of nitriles is 1. The second kappa shape index (κ2) is 10.1. The summed E-state index contributed by atoms with van der Waals surface area (Å²) in [6.45, 7) is 3.37. The molecule has 8 nitrogen and oxygen atoms in total. The number of hydrogen-bond donors (Lipinski definition) is 2. The van der Waals surface area contributed by atoms with E-state index < -0.39 is 11.6 Å². The topological polar surface area (TPSA) is 97.7 Å². The van der Waals surface area contributed by atoms with Crippen molar-refractivity contribution < 1.29 is 14.3 Å². The van der Waals surface area contributed by atoms with Gasteiger partial charge in [0.15, 0.2) is 0 Å². The first-order valence-electron chi connectivity index (χ1n) is 10.2. The maximum atomic E-state index is 13.2. The molecular formula is C21H28ClN5O3. The quantitative estimate of drug-likeness (QED) is 0.731. The van der Waals surface area contributed by atoms with Gasteiger partial charge < -0.3 is 25.2 Å². The van der Waals surface area contributed by atoms with E-state index in [1.165, 1.54) is 0 Å². The summed E-state index contributed by atoms with van der Waals surface area (Å²) in [6.07, 6.45) is 1.38. The largest absolute Gasteiger partial charge is 0.378 e. The lowest BCUT2D eigenvalue weighted by Gasteiger charge is -2.37. The highest BCUT2D eigenvalue weighted by molar-refractivity contribution is 6.30. The molecule has 2 fully saturated rings. The lowest BCUT2D eigenvalue weighted by Crippen LogP contribution is -2.60. The molecular weight excluding hydrogens is 406 g/mol. The van der Waals surface area contributed by atoms with E-state index in [2.05, 4.69) is 21.6 Å². The fourth-order valence-electron chi connectivity index (χ4n) is 3.70. The molecule has 2 heterocycles. The number of nitrogens with one attached hydrogen (secondary N) is 2. The van der Waals surface area contributed by atoms with E-state index in [0.29, 0.717) is 44.2 Å². The van der Waals surface area contributed by atoms with Crippen LogP contribution in [0.4, 0.5) is 4.79 Å². The molecule has 0 spiro atoms. The van der Waals surface area contributed by atoms with Crippen LogP contribution in [0.25, 0.3) is 0 Å². The Morgan fingerprint density at radius 3 is 2.60 bits per heavy atom. The number of likely N-dealkylation sites (tertiary alicyclic amines) is 1. The van der Waals surface area contributed by atoms with Gasteiger partial charge in [0.1, 0.15) is 11.6 Å². The van der Waals surface area contributed by atoms with Gasteiger partial charge in [0.25, 0.3) is 0 Å². The van der Waals surface area contributed by atoms with Crippen LogP contribution in [0.2, 0.25) is 5.02 Å². The Balaban J connectivity index is 1.74. The minimum absolute atomic E-state index is 0.282. The minimum atomic E-state index is -0.917. The van der Waals surface area contributed by atoms with Crippen LogP contribution in [0, 0.1) is 11.3 Å². The zero-order valence-electron chi connectivity index (χ0n) is 17.2. The van der Waals surface area contributed by atoms with Crippen LogP contribution in [-0.2, 0) is 16.0 Å². The van der Waals surface area contributed by atoms with Crippen LogP contribution < -0.4 is 10.6 Å². The molecule has 0 radical (unpaired) electrons. The molecule has 1 atom stereocenters. The predicted molar refractivity (Wildman–Crippen MR) is 113 cm³/mol. The normalized spacial score (nSPS) is 20.1. The van der Waals surface area contributed by atoms with E-state index in [0.717, 1.165) is 18.7 Å². The van der Waals surface area contributed by atoms with E-state index in [4.69, 9.17) is 16.3 Å². The SMILES string of the molecule is CN1CCC(C#N)(NC(=O)C(Cc2cccc(Cl)c2)NC(=O)N2CCOCC2)CC1. The van der Waals surface area contributed by atoms with Crippen molar-refractivity contribution in [2.75, 3.05) is 46.4 Å². The van der Waals surface area contributed by atoms with Crippen molar-refractivity contribution in [3.63, 3.8) is 0 Å². The average Bonchev–Trinajstić information content (AvgIpc) is 2.75. The van der Waals surface area contributed by atoms with Crippen LogP contribution in [0.3, 0.4) is 0 Å². The van der Waals surface area contributed by atoms with Gasteiger partial charge in [-0.3, -0.25) is 4.79 Å². The summed E-state index contributed by atoms with van der Waals surface area (Å²) in [6, 6.07) is 8.38. The van der Waals surface area contributed by atoms with Gasteiger partial charge in [-0.25, -0.2) is 4.79 Å². The highest BCUT2D eigenvalue weighted by Crippen LogP contribution is 2.21. The van der Waals surface area contributed by atoms with E-state index >= 15 is 0 Å². The van der Waals surface area contributed by atoms with Crippen molar-refractivity contribution in [2.24, 2.45) is 0 Å². The number of ether oxygens (including phenoxy) is 1. The monoisotopic (exact) mass is 433 g/mol. The lowest BCUT2D eigenvalue weighted by molar-refractivity contribution is -0.124. The van der Waals surface area contributed by atoms with Gasteiger partial charge >= 0.3 is 6.03 Å². The highest BCUT2D eigenvalue weighted by Gasteiger charge is 2.37. The standard InChI is InChI=1S/C21H28ClN5O3/c1-26-7-5-21(15-23,6-8-26)25-19(28)18(14-16-3-2-4-17(22)13-16)24-20(29)27-9-11-30-12-10-27/h2-4,13,18H,5-12,14H2,1H3,(H,24,29)(H,25,28). The second-order valence-corrected chi connectivity index (χ2v) is 8.36. The van der Waals surface area contributed by atoms with Crippen molar-refractivity contribution in [3.05, 3.63) is 34.9 Å². The predicted octanol–water partition coefficient (Wildman–Crippen LogP) is 1.40. The molecule has 2 aliphatic rings. The number of piperidine rings is 1. The van der Waals surface area contributed by atoms with Crippen LogP contribution in [0.5, 0.6) is 0 Å². The maximum absolute atomic E-state index is 13.2. The molecule has 1 aromatic carbocycles. The van der Waals surface area contributed by atoms with Gasteiger partial charge in [-0.05, 0) is 37.6 Å². The molecule has 3 rings (SSSR count). The van der Waals surface area contributed by atoms with E-state index in [1.54, 1.807) is 17.0 Å². The zero-order valence-corrected chi connectivity index (χ0v) is 18.0. The highest BCUT2D eigenvalue weighted by atomic mass is 35.5. The van der Waals surface area contributed by atoms with Gasteiger partial charge in [0.05, 0.1) is 19.3 Å². The number of halogens is 1. The van der Waals surface area contributed by atoms with Crippen LogP contribution in [0.1, 0.15) is 18.4 Å². The molecule has 1 aromatic rings. The molecule has 0 aliphatic carbocycles. The molecule has 1 unspecified atom stereocenters. The average molecular weight is 434 g/mol. The number of benzene rings is 1. The Bertz CT molecular complexity index is 798. The molecule has 162 valence electrons. The number of carbonyl (C=O) groups excluding carboxylic acids is 2. The fourth-order valence-corrected chi connectivity index (χ4v) is 3.92. The van der Waals surface area contributed by atoms with Gasteiger partial charge in [-0.2, -0.15) is 5.26 Å². The molecule has 30 heavy (non-hydrogen) atoms. The molecule has 3 amide bonds. The van der Waals surface area contributed by atoms with Crippen molar-refractivity contribution in [1.82, 2.24) is 20.4 Å². The summed E-state index contributed by atoms with van der Waals surface area (Å²) >= 11 is 6.09. The van der Waals surface area contributed by atoms with Gasteiger partial charge in [-0.15, -0.1) is 0 Å². The first-order chi connectivity index (χ1) is 14.4. The Hall–Kier alpha value is -2.34. The third kappa shape index (κ3) is 5.85. The van der Waals surface area contributed by atoms with Crippen molar-refractivity contribution in [3.8, 4) is 6.07 Å². The molecule has 2 aliphatic heterocycles. The Morgan fingerprint density at radius 1 is 1.27 bits per heavy atom. The fraction of sp³-hybridized carbons (Fsp3) is 0.571. The Labute approximate surface area is 182 Å². The second-order valence-electron chi connectivity index (χ2n) is 7.92. The van der Waals surface area contributed by atoms with Gasteiger partial charge in [0.2, 0.25) is 5.91 Å². The summed E-state index contributed by atoms with van der Waals surface area (Å²) in [5, 5.41) is 16.1. The number of nitrogens with zero attached hydrogens (tertiary/aromatic N) is 3.